The zero-order chi connectivity index (χ0) is 20.8. The molecule has 2 aliphatic heterocycles. The normalized spacial score (nSPS) is 17.4. The molecule has 1 fully saturated rings. The molecule has 8 nitrogen and oxygen atoms in total. The number of aryl methyl sites for hydroxylation is 1. The summed E-state index contributed by atoms with van der Waals surface area (Å²) in [7, 11) is 1.64. The van der Waals surface area contributed by atoms with E-state index in [0.717, 1.165) is 68.7 Å². The number of fused-ring (bicyclic) bond motifs is 1. The minimum absolute atomic E-state index is 0.0499. The van der Waals surface area contributed by atoms with Gasteiger partial charge in [-0.2, -0.15) is 0 Å². The molecule has 162 valence electrons. The standard InChI is InChI=1S/C22H31N5O3/c1-29-19-7-5-6-18(14-19)16-30-17-22(28)26-12-10-25(11-13-26)15-21-24-23-20-8-3-2-4-9-27(20)21/h5-7,14H,2-4,8-13,15-17H2,1H3. The van der Waals surface area contributed by atoms with Crippen molar-refractivity contribution < 1.29 is 14.3 Å². The number of hydrogen-bond acceptors (Lipinski definition) is 6. The lowest BCUT2D eigenvalue weighted by atomic mass is 10.2. The van der Waals surface area contributed by atoms with Crippen LogP contribution in [0.15, 0.2) is 24.3 Å². The second-order valence-corrected chi connectivity index (χ2v) is 8.00. The topological polar surface area (TPSA) is 72.7 Å². The lowest BCUT2D eigenvalue weighted by Gasteiger charge is -2.34. The number of ether oxygens (including phenoxy) is 2. The third-order valence-electron chi connectivity index (χ3n) is 5.90. The zero-order valence-electron chi connectivity index (χ0n) is 17.8. The molecule has 2 aromatic rings. The van der Waals surface area contributed by atoms with E-state index < -0.39 is 0 Å². The number of piperazine rings is 1. The average molecular weight is 414 g/mol. The number of nitrogens with zero attached hydrogens (tertiary/aromatic N) is 5. The van der Waals surface area contributed by atoms with Crippen LogP contribution in [0, 0.1) is 0 Å². The van der Waals surface area contributed by atoms with E-state index in [9.17, 15) is 4.79 Å². The van der Waals surface area contributed by atoms with Crippen molar-refractivity contribution in [1.82, 2.24) is 24.6 Å². The summed E-state index contributed by atoms with van der Waals surface area (Å²) in [6.07, 6.45) is 4.71. The Labute approximate surface area is 177 Å². The maximum Gasteiger partial charge on any atom is 0.248 e. The van der Waals surface area contributed by atoms with Crippen LogP contribution < -0.4 is 4.74 Å². The van der Waals surface area contributed by atoms with E-state index in [1.165, 1.54) is 19.3 Å². The van der Waals surface area contributed by atoms with Crippen molar-refractivity contribution >= 4 is 5.91 Å². The van der Waals surface area contributed by atoms with Crippen LogP contribution in [0.1, 0.15) is 36.5 Å². The molecule has 30 heavy (non-hydrogen) atoms. The highest BCUT2D eigenvalue weighted by molar-refractivity contribution is 5.77. The van der Waals surface area contributed by atoms with Crippen molar-refractivity contribution in [3.05, 3.63) is 41.5 Å². The molecular weight excluding hydrogens is 382 g/mol. The first-order valence-electron chi connectivity index (χ1n) is 10.8. The fourth-order valence-electron chi connectivity index (χ4n) is 4.13. The summed E-state index contributed by atoms with van der Waals surface area (Å²) in [5.41, 5.74) is 0.999. The molecule has 0 spiro atoms. The number of rotatable bonds is 7. The Morgan fingerprint density at radius 2 is 1.93 bits per heavy atom. The second-order valence-electron chi connectivity index (χ2n) is 8.00. The summed E-state index contributed by atoms with van der Waals surface area (Å²) >= 11 is 0. The van der Waals surface area contributed by atoms with E-state index in [2.05, 4.69) is 19.7 Å². The van der Waals surface area contributed by atoms with E-state index in [-0.39, 0.29) is 12.5 Å². The van der Waals surface area contributed by atoms with Crippen LogP contribution in [-0.2, 0) is 35.6 Å². The van der Waals surface area contributed by atoms with E-state index in [4.69, 9.17) is 9.47 Å². The first kappa shape index (κ1) is 20.8. The van der Waals surface area contributed by atoms with Crippen LogP contribution in [0.4, 0.5) is 0 Å². The smallest absolute Gasteiger partial charge is 0.248 e. The molecule has 0 bridgehead atoms. The van der Waals surface area contributed by atoms with E-state index in [0.29, 0.717) is 6.61 Å². The van der Waals surface area contributed by atoms with Crippen molar-refractivity contribution in [2.45, 2.75) is 45.4 Å². The highest BCUT2D eigenvalue weighted by Gasteiger charge is 2.23. The average Bonchev–Trinajstić information content (AvgIpc) is 3.00. The van der Waals surface area contributed by atoms with Gasteiger partial charge in [0.1, 0.15) is 24.0 Å². The van der Waals surface area contributed by atoms with Gasteiger partial charge in [0.2, 0.25) is 5.91 Å². The summed E-state index contributed by atoms with van der Waals surface area (Å²) in [6.45, 7) is 5.50. The van der Waals surface area contributed by atoms with Gasteiger partial charge >= 0.3 is 0 Å². The fourth-order valence-corrected chi connectivity index (χ4v) is 4.13. The van der Waals surface area contributed by atoms with Gasteiger partial charge in [-0.05, 0) is 30.5 Å². The fraction of sp³-hybridized carbons (Fsp3) is 0.591. The van der Waals surface area contributed by atoms with Crippen molar-refractivity contribution in [2.24, 2.45) is 0 Å². The molecule has 0 unspecified atom stereocenters. The Balaban J connectivity index is 1.20. The first-order chi connectivity index (χ1) is 14.7. The number of benzene rings is 1. The highest BCUT2D eigenvalue weighted by Crippen LogP contribution is 2.17. The Morgan fingerprint density at radius 3 is 2.77 bits per heavy atom. The third kappa shape index (κ3) is 5.17. The molecule has 0 saturated carbocycles. The van der Waals surface area contributed by atoms with Crippen LogP contribution in [0.2, 0.25) is 0 Å². The van der Waals surface area contributed by atoms with Gasteiger partial charge < -0.3 is 18.9 Å². The summed E-state index contributed by atoms with van der Waals surface area (Å²) in [6, 6.07) is 7.71. The maximum absolute atomic E-state index is 12.5. The molecule has 4 rings (SSSR count). The molecule has 1 saturated heterocycles. The van der Waals surface area contributed by atoms with Gasteiger partial charge in [0.25, 0.3) is 0 Å². The highest BCUT2D eigenvalue weighted by atomic mass is 16.5. The van der Waals surface area contributed by atoms with Crippen LogP contribution in [0.3, 0.4) is 0 Å². The lowest BCUT2D eigenvalue weighted by molar-refractivity contribution is -0.138. The molecule has 1 aromatic heterocycles. The third-order valence-corrected chi connectivity index (χ3v) is 5.90. The molecule has 8 heteroatoms. The zero-order valence-corrected chi connectivity index (χ0v) is 17.8. The van der Waals surface area contributed by atoms with Gasteiger partial charge in [-0.1, -0.05) is 18.6 Å². The van der Waals surface area contributed by atoms with Gasteiger partial charge in [-0.15, -0.1) is 10.2 Å². The van der Waals surface area contributed by atoms with Gasteiger partial charge in [0.15, 0.2) is 0 Å². The van der Waals surface area contributed by atoms with Gasteiger partial charge in [0, 0.05) is 39.1 Å². The second kappa shape index (κ2) is 10.0. The van der Waals surface area contributed by atoms with Crippen LogP contribution in [-0.4, -0.2) is 70.4 Å². The van der Waals surface area contributed by atoms with Gasteiger partial charge in [0.05, 0.1) is 20.3 Å². The van der Waals surface area contributed by atoms with Crippen molar-refractivity contribution in [3.8, 4) is 5.75 Å². The summed E-state index contributed by atoms with van der Waals surface area (Å²) in [5.74, 6) is 3.04. The first-order valence-corrected chi connectivity index (χ1v) is 10.8. The Morgan fingerprint density at radius 1 is 1.07 bits per heavy atom. The lowest BCUT2D eigenvalue weighted by Crippen LogP contribution is -2.49. The number of amides is 1. The molecule has 1 aromatic carbocycles. The molecule has 0 N–H and O–H groups in total. The van der Waals surface area contributed by atoms with E-state index in [1.54, 1.807) is 7.11 Å². The minimum atomic E-state index is 0.0499. The minimum Gasteiger partial charge on any atom is -0.497 e. The number of carbonyl (C=O) groups is 1. The molecule has 2 aliphatic rings. The van der Waals surface area contributed by atoms with Crippen LogP contribution >= 0.6 is 0 Å². The largest absolute Gasteiger partial charge is 0.497 e. The molecule has 3 heterocycles. The van der Waals surface area contributed by atoms with Crippen molar-refractivity contribution in [1.29, 1.82) is 0 Å². The number of methoxy groups -OCH3 is 1. The van der Waals surface area contributed by atoms with E-state index in [1.807, 2.05) is 29.2 Å². The molecular formula is C22H31N5O3. The number of carbonyl (C=O) groups excluding carboxylic acids is 1. The Kier molecular flexibility index (Phi) is 6.96. The predicted octanol–water partition coefficient (Wildman–Crippen LogP) is 1.87. The Bertz CT molecular complexity index is 845. The predicted molar refractivity (Wildman–Crippen MR) is 112 cm³/mol. The summed E-state index contributed by atoms with van der Waals surface area (Å²) in [5, 5.41) is 8.82. The van der Waals surface area contributed by atoms with Crippen LogP contribution in [0.5, 0.6) is 5.75 Å². The van der Waals surface area contributed by atoms with Crippen molar-refractivity contribution in [3.63, 3.8) is 0 Å². The molecule has 0 atom stereocenters. The molecule has 1 amide bonds. The van der Waals surface area contributed by atoms with Crippen molar-refractivity contribution in [2.75, 3.05) is 39.9 Å². The van der Waals surface area contributed by atoms with Crippen LogP contribution in [0.25, 0.3) is 0 Å². The number of aromatic nitrogens is 3. The maximum atomic E-state index is 12.5. The SMILES string of the molecule is COc1cccc(COCC(=O)N2CCN(Cc3nnc4n3CCCCC4)CC2)c1. The summed E-state index contributed by atoms with van der Waals surface area (Å²) < 4.78 is 13.2. The summed E-state index contributed by atoms with van der Waals surface area (Å²) in [4.78, 5) is 16.8. The van der Waals surface area contributed by atoms with Gasteiger partial charge in [-0.3, -0.25) is 9.69 Å². The quantitative estimate of drug-likeness (QED) is 0.690. The number of hydrogen-bond donors (Lipinski definition) is 0. The van der Waals surface area contributed by atoms with Gasteiger partial charge in [-0.25, -0.2) is 0 Å². The molecule has 0 aliphatic carbocycles. The molecule has 0 radical (unpaired) electrons. The van der Waals surface area contributed by atoms with E-state index >= 15 is 0 Å². The monoisotopic (exact) mass is 413 g/mol. The Hall–Kier alpha value is -2.45.